The van der Waals surface area contributed by atoms with E-state index in [-0.39, 0.29) is 0 Å². The van der Waals surface area contributed by atoms with Crippen LogP contribution in [0.4, 0.5) is 0 Å². The molecule has 5 heteroatoms. The predicted molar refractivity (Wildman–Crippen MR) is 76.8 cm³/mol. The molecule has 0 heterocycles. The molecule has 0 aromatic heterocycles. The molecule has 0 amide bonds. The van der Waals surface area contributed by atoms with Gasteiger partial charge in [0.05, 0.1) is 27.4 Å². The van der Waals surface area contributed by atoms with Crippen LogP contribution in [0.25, 0.3) is 0 Å². The fourth-order valence-corrected chi connectivity index (χ4v) is 2.41. The van der Waals surface area contributed by atoms with Crippen molar-refractivity contribution in [3.05, 3.63) is 17.7 Å². The Bertz CT molecular complexity index is 444. The van der Waals surface area contributed by atoms with E-state index in [4.69, 9.17) is 18.9 Å². The number of rotatable bonds is 7. The summed E-state index contributed by atoms with van der Waals surface area (Å²) in [5.41, 5.74) is 1.06. The number of hydrogen-bond acceptors (Lipinski definition) is 5. The fourth-order valence-electron chi connectivity index (χ4n) is 2.41. The summed E-state index contributed by atoms with van der Waals surface area (Å²) in [6, 6.07) is 4.32. The lowest BCUT2D eigenvalue weighted by atomic mass is 9.89. The van der Waals surface area contributed by atoms with Gasteiger partial charge in [-0.2, -0.15) is 0 Å². The molecular formula is C15H23NO4. The smallest absolute Gasteiger partial charge is 0.164 e. The second-order valence-electron chi connectivity index (χ2n) is 4.93. The molecule has 20 heavy (non-hydrogen) atoms. The summed E-state index contributed by atoms with van der Waals surface area (Å²) in [6.07, 6.45) is 2.53. The first-order valence-corrected chi connectivity index (χ1v) is 6.76. The van der Waals surface area contributed by atoms with Gasteiger partial charge in [-0.3, -0.25) is 0 Å². The van der Waals surface area contributed by atoms with Crippen LogP contribution < -0.4 is 19.5 Å². The maximum atomic E-state index is 5.41. The summed E-state index contributed by atoms with van der Waals surface area (Å²) in [7, 11) is 6.68. The molecule has 1 aromatic rings. The molecule has 2 rings (SSSR count). The summed E-state index contributed by atoms with van der Waals surface area (Å²) in [5.74, 6) is 2.20. The molecule has 1 aromatic carbocycles. The first-order chi connectivity index (χ1) is 9.71. The third-order valence-electron chi connectivity index (χ3n) is 3.80. The Morgan fingerprint density at radius 3 is 2.10 bits per heavy atom. The molecule has 112 valence electrons. The lowest BCUT2D eigenvalue weighted by molar-refractivity contribution is 0.0169. The van der Waals surface area contributed by atoms with Crippen molar-refractivity contribution in [3.63, 3.8) is 0 Å². The standard InChI is InChI=1S/C15H23NO4/c1-17-12-6-11(7-12)16-9-10-5-14(19-3)15(20-4)8-13(10)18-2/h5,8,11-12,16H,6-7,9H2,1-4H3. The molecule has 0 saturated heterocycles. The number of ether oxygens (including phenoxy) is 4. The van der Waals surface area contributed by atoms with E-state index >= 15 is 0 Å². The molecule has 5 nitrogen and oxygen atoms in total. The molecule has 1 saturated carbocycles. The zero-order valence-corrected chi connectivity index (χ0v) is 12.6. The fraction of sp³-hybridized carbons (Fsp3) is 0.600. The van der Waals surface area contributed by atoms with E-state index in [1.165, 1.54) is 0 Å². The van der Waals surface area contributed by atoms with Crippen LogP contribution in [0.1, 0.15) is 18.4 Å². The predicted octanol–water partition coefficient (Wildman–Crippen LogP) is 1.98. The Morgan fingerprint density at radius 1 is 0.950 bits per heavy atom. The minimum atomic E-state index is 0.403. The van der Waals surface area contributed by atoms with Gasteiger partial charge >= 0.3 is 0 Å². The lowest BCUT2D eigenvalue weighted by Gasteiger charge is -2.35. The molecule has 1 aliphatic carbocycles. The van der Waals surface area contributed by atoms with Gasteiger partial charge in [0.2, 0.25) is 0 Å². The van der Waals surface area contributed by atoms with Gasteiger partial charge in [0.1, 0.15) is 5.75 Å². The highest BCUT2D eigenvalue weighted by atomic mass is 16.5. The minimum absolute atomic E-state index is 0.403. The molecule has 0 radical (unpaired) electrons. The third-order valence-corrected chi connectivity index (χ3v) is 3.80. The van der Waals surface area contributed by atoms with E-state index in [9.17, 15) is 0 Å². The van der Waals surface area contributed by atoms with Gasteiger partial charge in [-0.25, -0.2) is 0 Å². The zero-order chi connectivity index (χ0) is 14.5. The van der Waals surface area contributed by atoms with Crippen LogP contribution in [0.5, 0.6) is 17.2 Å². The first kappa shape index (κ1) is 14.9. The van der Waals surface area contributed by atoms with Crippen LogP contribution in [0.2, 0.25) is 0 Å². The Balaban J connectivity index is 2.02. The highest BCUT2D eigenvalue weighted by Crippen LogP contribution is 2.35. The Labute approximate surface area is 120 Å². The van der Waals surface area contributed by atoms with Gasteiger partial charge in [0, 0.05) is 31.3 Å². The molecule has 1 N–H and O–H groups in total. The van der Waals surface area contributed by atoms with Crippen LogP contribution in [-0.2, 0) is 11.3 Å². The molecule has 1 fully saturated rings. The SMILES string of the molecule is COc1cc(OC)c(OC)cc1CNC1CC(OC)C1. The van der Waals surface area contributed by atoms with E-state index in [1.54, 1.807) is 28.4 Å². The zero-order valence-electron chi connectivity index (χ0n) is 12.6. The molecule has 0 aliphatic heterocycles. The van der Waals surface area contributed by atoms with Gasteiger partial charge in [-0.15, -0.1) is 0 Å². The maximum Gasteiger partial charge on any atom is 0.164 e. The van der Waals surface area contributed by atoms with Crippen molar-refractivity contribution in [1.29, 1.82) is 0 Å². The van der Waals surface area contributed by atoms with Crippen LogP contribution in [0.3, 0.4) is 0 Å². The van der Waals surface area contributed by atoms with Crippen LogP contribution in [0.15, 0.2) is 12.1 Å². The highest BCUT2D eigenvalue weighted by Gasteiger charge is 2.28. The normalized spacial score (nSPS) is 21.2. The van der Waals surface area contributed by atoms with Gasteiger partial charge in [0.15, 0.2) is 11.5 Å². The van der Waals surface area contributed by atoms with E-state index < -0.39 is 0 Å². The van der Waals surface area contributed by atoms with Crippen LogP contribution >= 0.6 is 0 Å². The van der Waals surface area contributed by atoms with Crippen molar-refractivity contribution in [3.8, 4) is 17.2 Å². The van der Waals surface area contributed by atoms with Crippen LogP contribution in [-0.4, -0.2) is 40.6 Å². The van der Waals surface area contributed by atoms with Crippen molar-refractivity contribution in [2.45, 2.75) is 31.5 Å². The highest BCUT2D eigenvalue weighted by molar-refractivity contribution is 5.50. The summed E-state index contributed by atoms with van der Waals surface area (Å²) in [6.45, 7) is 0.741. The quantitative estimate of drug-likeness (QED) is 0.828. The van der Waals surface area contributed by atoms with Crippen LogP contribution in [0, 0.1) is 0 Å². The lowest BCUT2D eigenvalue weighted by Crippen LogP contribution is -2.44. The minimum Gasteiger partial charge on any atom is -0.496 e. The van der Waals surface area contributed by atoms with Gasteiger partial charge in [-0.05, 0) is 18.9 Å². The molecular weight excluding hydrogens is 258 g/mol. The van der Waals surface area contributed by atoms with Gasteiger partial charge in [-0.1, -0.05) is 0 Å². The summed E-state index contributed by atoms with van der Waals surface area (Å²) in [4.78, 5) is 0. The molecule has 0 spiro atoms. The Kier molecular flexibility index (Phi) is 5.09. The molecule has 0 bridgehead atoms. The van der Waals surface area contributed by atoms with Crippen molar-refractivity contribution in [2.75, 3.05) is 28.4 Å². The summed E-state index contributed by atoms with van der Waals surface area (Å²) in [5, 5.41) is 3.51. The summed E-state index contributed by atoms with van der Waals surface area (Å²) >= 11 is 0. The van der Waals surface area contributed by atoms with Gasteiger partial charge < -0.3 is 24.3 Å². The molecule has 1 aliphatic rings. The van der Waals surface area contributed by atoms with E-state index in [1.807, 2.05) is 12.1 Å². The number of benzene rings is 1. The van der Waals surface area contributed by atoms with Gasteiger partial charge in [0.25, 0.3) is 0 Å². The van der Waals surface area contributed by atoms with E-state index in [0.717, 1.165) is 30.7 Å². The third kappa shape index (κ3) is 3.16. The van der Waals surface area contributed by atoms with Crippen molar-refractivity contribution < 1.29 is 18.9 Å². The molecule has 0 unspecified atom stereocenters. The van der Waals surface area contributed by atoms with Crippen molar-refractivity contribution in [2.24, 2.45) is 0 Å². The second-order valence-corrected chi connectivity index (χ2v) is 4.93. The van der Waals surface area contributed by atoms with Crippen molar-refractivity contribution in [1.82, 2.24) is 5.32 Å². The number of hydrogen-bond donors (Lipinski definition) is 1. The van der Waals surface area contributed by atoms with E-state index in [2.05, 4.69) is 5.32 Å². The number of methoxy groups -OCH3 is 4. The first-order valence-electron chi connectivity index (χ1n) is 6.76. The van der Waals surface area contributed by atoms with E-state index in [0.29, 0.717) is 23.6 Å². The Hall–Kier alpha value is -1.46. The summed E-state index contributed by atoms with van der Waals surface area (Å²) < 4.78 is 21.3. The molecule has 0 atom stereocenters. The monoisotopic (exact) mass is 281 g/mol. The average molecular weight is 281 g/mol. The average Bonchev–Trinajstić information content (AvgIpc) is 2.45. The second kappa shape index (κ2) is 6.81. The largest absolute Gasteiger partial charge is 0.496 e. The number of nitrogens with one attached hydrogen (secondary N) is 1. The maximum absolute atomic E-state index is 5.41. The van der Waals surface area contributed by atoms with Crippen molar-refractivity contribution >= 4 is 0 Å². The topological polar surface area (TPSA) is 49.0 Å². The Morgan fingerprint density at radius 2 is 1.55 bits per heavy atom.